The zero-order chi connectivity index (χ0) is 27.4. The number of nitrogens with one attached hydrogen (secondary N) is 1. The monoisotopic (exact) mass is 546 g/mol. The minimum Gasteiger partial charge on any atom is -0.395 e. The maximum absolute atomic E-state index is 13.3. The largest absolute Gasteiger partial charge is 0.443 e. The molecule has 0 unspecified atom stereocenters. The van der Waals surface area contributed by atoms with Crippen LogP contribution in [0.3, 0.4) is 0 Å². The van der Waals surface area contributed by atoms with E-state index in [2.05, 4.69) is 20.4 Å². The number of hydrogen-bond donors (Lipinski definition) is 2. The number of anilines is 1. The number of aliphatic hydroxyl groups is 1. The number of fused-ring (bicyclic) bond motifs is 1. The standard InChI is InChI=1S/C25H25F3N6O3S/c1-13(2)19-14(3)33(11-17(36)30-18-10-29-22(38-18)25(26,27)28)23-31-20(32-34(23)21(19)37)15-4-6-16(7-5-15)24(12-35)8-9-24/h4-7,10,13,35H,8-9,11-12H2,1-3H3,(H,30,36). The van der Waals surface area contributed by atoms with Gasteiger partial charge in [0.2, 0.25) is 11.7 Å². The Kier molecular flexibility index (Phi) is 6.38. The lowest BCUT2D eigenvalue weighted by atomic mass is 9.96. The second kappa shape index (κ2) is 9.31. The number of aromatic nitrogens is 5. The molecular formula is C25H25F3N6O3S. The average Bonchev–Trinajstić information content (AvgIpc) is 3.28. The van der Waals surface area contributed by atoms with Crippen molar-refractivity contribution in [3.05, 3.63) is 62.6 Å². The van der Waals surface area contributed by atoms with Gasteiger partial charge in [-0.15, -0.1) is 5.10 Å². The summed E-state index contributed by atoms with van der Waals surface area (Å²) in [6.07, 6.45) is -1.80. The van der Waals surface area contributed by atoms with Gasteiger partial charge >= 0.3 is 6.18 Å². The fourth-order valence-corrected chi connectivity index (χ4v) is 5.30. The summed E-state index contributed by atoms with van der Waals surface area (Å²) in [4.78, 5) is 34.0. The molecule has 3 heterocycles. The van der Waals surface area contributed by atoms with Gasteiger partial charge in [0, 0.05) is 22.2 Å². The number of halogens is 3. The van der Waals surface area contributed by atoms with Crippen LogP contribution in [0.15, 0.2) is 35.3 Å². The van der Waals surface area contributed by atoms with Crippen molar-refractivity contribution in [2.24, 2.45) is 0 Å². The molecule has 1 amide bonds. The van der Waals surface area contributed by atoms with Crippen LogP contribution in [-0.2, 0) is 22.9 Å². The fraction of sp³-hybridized carbons (Fsp3) is 0.400. The molecule has 1 aromatic carbocycles. The molecule has 0 spiro atoms. The first kappa shape index (κ1) is 26.0. The van der Waals surface area contributed by atoms with Crippen LogP contribution < -0.4 is 10.9 Å². The molecule has 2 N–H and O–H groups in total. The lowest BCUT2D eigenvalue weighted by Gasteiger charge is -2.16. The molecule has 1 aliphatic carbocycles. The van der Waals surface area contributed by atoms with Crippen LogP contribution in [-0.4, -0.2) is 41.8 Å². The minimum atomic E-state index is -4.60. The summed E-state index contributed by atoms with van der Waals surface area (Å²) >= 11 is 0.331. The van der Waals surface area contributed by atoms with E-state index in [-0.39, 0.29) is 46.6 Å². The highest BCUT2D eigenvalue weighted by Gasteiger charge is 2.43. The highest BCUT2D eigenvalue weighted by Crippen LogP contribution is 2.47. The molecule has 0 radical (unpaired) electrons. The normalized spacial score (nSPS) is 14.8. The highest BCUT2D eigenvalue weighted by molar-refractivity contribution is 7.15. The van der Waals surface area contributed by atoms with Gasteiger partial charge in [-0.2, -0.15) is 22.7 Å². The summed E-state index contributed by atoms with van der Waals surface area (Å²) in [6, 6.07) is 7.50. The molecule has 4 aromatic rings. The summed E-state index contributed by atoms with van der Waals surface area (Å²) in [7, 11) is 0. The molecule has 9 nitrogen and oxygen atoms in total. The summed E-state index contributed by atoms with van der Waals surface area (Å²) in [5.41, 5.74) is 2.11. The predicted octanol–water partition coefficient (Wildman–Crippen LogP) is 4.13. The van der Waals surface area contributed by atoms with Crippen LogP contribution in [0.1, 0.15) is 54.4 Å². The van der Waals surface area contributed by atoms with Gasteiger partial charge in [-0.25, -0.2) is 4.98 Å². The number of benzene rings is 1. The second-order valence-corrected chi connectivity index (χ2v) is 10.8. The number of aliphatic hydroxyl groups excluding tert-OH is 1. The summed E-state index contributed by atoms with van der Waals surface area (Å²) in [5, 5.41) is 15.5. The van der Waals surface area contributed by atoms with Crippen molar-refractivity contribution >= 4 is 28.0 Å². The number of carbonyl (C=O) groups is 1. The molecule has 1 saturated carbocycles. The van der Waals surface area contributed by atoms with E-state index in [0.717, 1.165) is 29.1 Å². The van der Waals surface area contributed by atoms with E-state index in [0.29, 0.717) is 28.2 Å². The molecule has 0 aliphatic heterocycles. The van der Waals surface area contributed by atoms with Gasteiger partial charge in [0.05, 0.1) is 12.8 Å². The molecule has 38 heavy (non-hydrogen) atoms. The smallest absolute Gasteiger partial charge is 0.395 e. The van der Waals surface area contributed by atoms with E-state index in [1.54, 1.807) is 6.92 Å². The number of rotatable bonds is 7. The topological polar surface area (TPSA) is 114 Å². The molecule has 0 bridgehead atoms. The Labute approximate surface area is 219 Å². The number of hydrogen-bond acceptors (Lipinski definition) is 7. The maximum atomic E-state index is 13.3. The average molecular weight is 547 g/mol. The first-order valence-electron chi connectivity index (χ1n) is 12.0. The van der Waals surface area contributed by atoms with Gasteiger partial charge in [-0.3, -0.25) is 9.59 Å². The number of amides is 1. The molecule has 13 heteroatoms. The minimum absolute atomic E-state index is 0.0420. The molecule has 0 atom stereocenters. The van der Waals surface area contributed by atoms with E-state index in [1.165, 1.54) is 4.57 Å². The van der Waals surface area contributed by atoms with Crippen molar-refractivity contribution < 1.29 is 23.1 Å². The zero-order valence-corrected chi connectivity index (χ0v) is 21.7. The Morgan fingerprint density at radius 3 is 2.47 bits per heavy atom. The lowest BCUT2D eigenvalue weighted by molar-refractivity contribution is -0.137. The highest BCUT2D eigenvalue weighted by atomic mass is 32.1. The summed E-state index contributed by atoms with van der Waals surface area (Å²) < 4.78 is 41.4. The molecule has 3 aromatic heterocycles. The van der Waals surface area contributed by atoms with Gasteiger partial charge in [0.15, 0.2) is 10.8 Å². The van der Waals surface area contributed by atoms with Crippen molar-refractivity contribution in [3.63, 3.8) is 0 Å². The van der Waals surface area contributed by atoms with E-state index in [9.17, 15) is 27.9 Å². The van der Waals surface area contributed by atoms with Crippen molar-refractivity contribution in [1.29, 1.82) is 0 Å². The molecule has 5 rings (SSSR count). The number of carbonyl (C=O) groups excluding carboxylic acids is 1. The van der Waals surface area contributed by atoms with Gasteiger partial charge < -0.3 is 15.0 Å². The van der Waals surface area contributed by atoms with Gasteiger partial charge in [0.25, 0.3) is 5.56 Å². The summed E-state index contributed by atoms with van der Waals surface area (Å²) in [5.74, 6) is -0.356. The van der Waals surface area contributed by atoms with E-state index >= 15 is 0 Å². The maximum Gasteiger partial charge on any atom is 0.443 e. The lowest BCUT2D eigenvalue weighted by Crippen LogP contribution is -2.29. The van der Waals surface area contributed by atoms with Crippen LogP contribution in [0.4, 0.5) is 18.2 Å². The van der Waals surface area contributed by atoms with Crippen molar-refractivity contribution in [1.82, 2.24) is 24.1 Å². The molecule has 1 fully saturated rings. The fourth-order valence-electron chi connectivity index (χ4n) is 4.60. The van der Waals surface area contributed by atoms with E-state index < -0.39 is 17.1 Å². The van der Waals surface area contributed by atoms with Crippen LogP contribution in [0.2, 0.25) is 0 Å². The van der Waals surface area contributed by atoms with Gasteiger partial charge in [-0.05, 0) is 31.2 Å². The second-order valence-electron chi connectivity index (χ2n) is 9.78. The van der Waals surface area contributed by atoms with Gasteiger partial charge in [-0.1, -0.05) is 49.4 Å². The molecule has 0 saturated heterocycles. The van der Waals surface area contributed by atoms with Crippen LogP contribution in [0.5, 0.6) is 0 Å². The van der Waals surface area contributed by atoms with Crippen LogP contribution in [0, 0.1) is 6.92 Å². The Morgan fingerprint density at radius 2 is 1.92 bits per heavy atom. The van der Waals surface area contributed by atoms with E-state index in [1.807, 2.05) is 38.1 Å². The SMILES string of the molecule is Cc1c(C(C)C)c(=O)n2nc(-c3ccc(C4(CO)CC4)cc3)nc2n1CC(=O)Nc1cnc(C(F)(F)F)s1. The Bertz CT molecular complexity index is 1580. The number of thiazole rings is 1. The third-order valence-corrected chi connectivity index (χ3v) is 7.81. The first-order valence-corrected chi connectivity index (χ1v) is 12.8. The van der Waals surface area contributed by atoms with Gasteiger partial charge in [0.1, 0.15) is 11.5 Å². The molecular weight excluding hydrogens is 521 g/mol. The Morgan fingerprint density at radius 1 is 1.24 bits per heavy atom. The van der Waals surface area contributed by atoms with Crippen LogP contribution >= 0.6 is 11.3 Å². The first-order chi connectivity index (χ1) is 17.9. The van der Waals surface area contributed by atoms with Crippen molar-refractivity contribution in [3.8, 4) is 11.4 Å². The third kappa shape index (κ3) is 4.60. The molecule has 1 aliphatic rings. The number of nitrogens with zero attached hydrogens (tertiary/aromatic N) is 5. The third-order valence-electron chi connectivity index (χ3n) is 6.85. The summed E-state index contributed by atoms with van der Waals surface area (Å²) in [6.45, 7) is 5.18. The predicted molar refractivity (Wildman–Crippen MR) is 135 cm³/mol. The number of alkyl halides is 3. The van der Waals surface area contributed by atoms with Crippen molar-refractivity contribution in [2.45, 2.75) is 57.7 Å². The Hall–Kier alpha value is -3.58. The van der Waals surface area contributed by atoms with Crippen molar-refractivity contribution in [2.75, 3.05) is 11.9 Å². The molecule has 200 valence electrons. The quantitative estimate of drug-likeness (QED) is 0.360. The Balaban J connectivity index is 1.51. The zero-order valence-electron chi connectivity index (χ0n) is 20.8. The van der Waals surface area contributed by atoms with Crippen LogP contribution in [0.25, 0.3) is 17.2 Å². The van der Waals surface area contributed by atoms with E-state index in [4.69, 9.17) is 0 Å².